The van der Waals surface area contributed by atoms with Gasteiger partial charge in [0.05, 0.1) is 5.60 Å². The van der Waals surface area contributed by atoms with Gasteiger partial charge in [-0.1, -0.05) is 12.1 Å². The number of benzene rings is 1. The second kappa shape index (κ2) is 5.63. The van der Waals surface area contributed by atoms with E-state index < -0.39 is 17.4 Å². The van der Waals surface area contributed by atoms with Gasteiger partial charge in [-0.25, -0.2) is 0 Å². The van der Waals surface area contributed by atoms with Crippen LogP contribution in [0.5, 0.6) is 0 Å². The zero-order valence-electron chi connectivity index (χ0n) is 11.8. The number of hydrogen-bond acceptors (Lipinski definition) is 3. The molecule has 2 amide bonds. The van der Waals surface area contributed by atoms with Gasteiger partial charge in [-0.3, -0.25) is 9.59 Å². The lowest BCUT2D eigenvalue weighted by Gasteiger charge is -2.22. The van der Waals surface area contributed by atoms with Crippen molar-refractivity contribution in [2.45, 2.75) is 32.3 Å². The molecular formula is C15H20N2O3. The molecule has 5 nitrogen and oxygen atoms in total. The first kappa shape index (κ1) is 14.5. The minimum atomic E-state index is -0.931. The normalized spacial score (nSPS) is 17.1. The minimum Gasteiger partial charge on any atom is -0.388 e. The molecule has 3 N–H and O–H groups in total. The van der Waals surface area contributed by atoms with Gasteiger partial charge in [-0.2, -0.15) is 0 Å². The van der Waals surface area contributed by atoms with Crippen molar-refractivity contribution in [3.05, 3.63) is 29.8 Å². The molecule has 1 aromatic carbocycles. The average molecular weight is 276 g/mol. The molecule has 1 aliphatic rings. The standard InChI is InChI=1S/C15H20N2O3/c1-10-4-3-5-12(8-10)17-14(19)13(18)16-9-15(2,20)11-6-7-11/h3-5,8,11,20H,6-7,9H2,1-2H3,(H,16,18)(H,17,19)/t15-/m0/s1. The number of aliphatic hydroxyl groups is 1. The summed E-state index contributed by atoms with van der Waals surface area (Å²) in [4.78, 5) is 23.4. The molecule has 1 aromatic rings. The van der Waals surface area contributed by atoms with Gasteiger partial charge >= 0.3 is 11.8 Å². The smallest absolute Gasteiger partial charge is 0.313 e. The highest BCUT2D eigenvalue weighted by Gasteiger charge is 2.40. The van der Waals surface area contributed by atoms with Crippen LogP contribution in [0.2, 0.25) is 0 Å². The number of carbonyl (C=O) groups is 2. The Morgan fingerprint density at radius 2 is 2.05 bits per heavy atom. The number of carbonyl (C=O) groups excluding carboxylic acids is 2. The molecule has 0 spiro atoms. The van der Waals surface area contributed by atoms with Crippen molar-refractivity contribution in [3.8, 4) is 0 Å². The molecule has 0 bridgehead atoms. The van der Waals surface area contributed by atoms with Gasteiger partial charge < -0.3 is 15.7 Å². The minimum absolute atomic E-state index is 0.0950. The Morgan fingerprint density at radius 3 is 2.65 bits per heavy atom. The van der Waals surface area contributed by atoms with Crippen molar-refractivity contribution in [1.82, 2.24) is 5.32 Å². The quantitative estimate of drug-likeness (QED) is 0.723. The number of anilines is 1. The Kier molecular flexibility index (Phi) is 4.09. The van der Waals surface area contributed by atoms with Crippen LogP contribution in [0.25, 0.3) is 0 Å². The molecule has 0 unspecified atom stereocenters. The molecule has 0 aliphatic heterocycles. The Labute approximate surface area is 118 Å². The Bertz CT molecular complexity index is 522. The van der Waals surface area contributed by atoms with Crippen LogP contribution in [-0.2, 0) is 9.59 Å². The van der Waals surface area contributed by atoms with E-state index in [9.17, 15) is 14.7 Å². The maximum Gasteiger partial charge on any atom is 0.313 e. The van der Waals surface area contributed by atoms with Gasteiger partial charge in [0.25, 0.3) is 0 Å². The zero-order valence-corrected chi connectivity index (χ0v) is 11.8. The largest absolute Gasteiger partial charge is 0.388 e. The highest BCUT2D eigenvalue weighted by molar-refractivity contribution is 6.39. The molecule has 1 atom stereocenters. The first-order chi connectivity index (χ1) is 9.38. The fourth-order valence-electron chi connectivity index (χ4n) is 2.10. The number of rotatable bonds is 4. The van der Waals surface area contributed by atoms with Crippen molar-refractivity contribution in [2.75, 3.05) is 11.9 Å². The third kappa shape index (κ3) is 3.81. The molecule has 0 heterocycles. The van der Waals surface area contributed by atoms with E-state index in [1.165, 1.54) is 0 Å². The molecule has 1 fully saturated rings. The fraction of sp³-hybridized carbons (Fsp3) is 0.467. The Morgan fingerprint density at radius 1 is 1.35 bits per heavy atom. The van der Waals surface area contributed by atoms with Crippen LogP contribution in [0.4, 0.5) is 5.69 Å². The molecular weight excluding hydrogens is 256 g/mol. The maximum absolute atomic E-state index is 11.7. The summed E-state index contributed by atoms with van der Waals surface area (Å²) >= 11 is 0. The lowest BCUT2D eigenvalue weighted by molar-refractivity contribution is -0.136. The molecule has 0 aromatic heterocycles. The molecule has 0 saturated heterocycles. The van der Waals surface area contributed by atoms with Gasteiger partial charge in [-0.05, 0) is 50.3 Å². The van der Waals surface area contributed by atoms with Gasteiger partial charge in [0, 0.05) is 12.2 Å². The van der Waals surface area contributed by atoms with E-state index >= 15 is 0 Å². The predicted molar refractivity (Wildman–Crippen MR) is 76.2 cm³/mol. The summed E-state index contributed by atoms with van der Waals surface area (Å²) in [5.74, 6) is -1.22. The van der Waals surface area contributed by atoms with E-state index in [4.69, 9.17) is 0 Å². The summed E-state index contributed by atoms with van der Waals surface area (Å²) in [6.07, 6.45) is 1.94. The van der Waals surface area contributed by atoms with Gasteiger partial charge in [0.15, 0.2) is 0 Å². The van der Waals surface area contributed by atoms with E-state index in [1.807, 2.05) is 13.0 Å². The zero-order chi connectivity index (χ0) is 14.8. The van der Waals surface area contributed by atoms with Crippen LogP contribution in [0.1, 0.15) is 25.3 Å². The van der Waals surface area contributed by atoms with Crippen molar-refractivity contribution >= 4 is 17.5 Å². The number of nitrogens with one attached hydrogen (secondary N) is 2. The predicted octanol–water partition coefficient (Wildman–Crippen LogP) is 1.21. The monoisotopic (exact) mass is 276 g/mol. The summed E-state index contributed by atoms with van der Waals surface area (Å²) < 4.78 is 0. The lowest BCUT2D eigenvalue weighted by atomic mass is 10.0. The average Bonchev–Trinajstić information content (AvgIpc) is 3.20. The second-order valence-corrected chi connectivity index (χ2v) is 5.64. The highest BCUT2D eigenvalue weighted by atomic mass is 16.3. The summed E-state index contributed by atoms with van der Waals surface area (Å²) in [7, 11) is 0. The fourth-order valence-corrected chi connectivity index (χ4v) is 2.10. The number of amides is 2. The molecule has 1 saturated carbocycles. The second-order valence-electron chi connectivity index (χ2n) is 5.64. The molecule has 108 valence electrons. The lowest BCUT2D eigenvalue weighted by Crippen LogP contribution is -2.45. The molecule has 5 heteroatoms. The summed E-state index contributed by atoms with van der Waals surface area (Å²) in [5.41, 5.74) is 0.651. The van der Waals surface area contributed by atoms with E-state index in [0.29, 0.717) is 5.69 Å². The van der Waals surface area contributed by atoms with E-state index in [1.54, 1.807) is 25.1 Å². The van der Waals surface area contributed by atoms with Gasteiger partial charge in [0.1, 0.15) is 0 Å². The third-order valence-corrected chi connectivity index (χ3v) is 3.55. The van der Waals surface area contributed by atoms with Crippen molar-refractivity contribution in [1.29, 1.82) is 0 Å². The van der Waals surface area contributed by atoms with Crippen LogP contribution in [0.15, 0.2) is 24.3 Å². The molecule has 0 radical (unpaired) electrons. The SMILES string of the molecule is Cc1cccc(NC(=O)C(=O)NC[C@](C)(O)C2CC2)c1. The van der Waals surface area contributed by atoms with Crippen LogP contribution in [0.3, 0.4) is 0 Å². The van der Waals surface area contributed by atoms with Crippen molar-refractivity contribution in [3.63, 3.8) is 0 Å². The van der Waals surface area contributed by atoms with Crippen LogP contribution in [0, 0.1) is 12.8 Å². The number of aryl methyl sites for hydroxylation is 1. The maximum atomic E-state index is 11.7. The van der Waals surface area contributed by atoms with Crippen molar-refractivity contribution < 1.29 is 14.7 Å². The molecule has 2 rings (SSSR count). The first-order valence-electron chi connectivity index (χ1n) is 6.77. The summed E-state index contributed by atoms with van der Waals surface area (Å²) in [5, 5.41) is 15.1. The number of hydrogen-bond donors (Lipinski definition) is 3. The van der Waals surface area contributed by atoms with Crippen LogP contribution < -0.4 is 10.6 Å². The van der Waals surface area contributed by atoms with E-state index in [0.717, 1.165) is 18.4 Å². The Balaban J connectivity index is 1.84. The summed E-state index contributed by atoms with van der Waals surface area (Å²) in [6.45, 7) is 3.68. The highest BCUT2D eigenvalue weighted by Crippen LogP contribution is 2.38. The van der Waals surface area contributed by atoms with Gasteiger partial charge in [0.2, 0.25) is 0 Å². The van der Waals surface area contributed by atoms with Crippen LogP contribution >= 0.6 is 0 Å². The third-order valence-electron chi connectivity index (χ3n) is 3.55. The topological polar surface area (TPSA) is 78.4 Å². The summed E-state index contributed by atoms with van der Waals surface area (Å²) in [6, 6.07) is 7.22. The van der Waals surface area contributed by atoms with Gasteiger partial charge in [-0.15, -0.1) is 0 Å². The Hall–Kier alpha value is -1.88. The van der Waals surface area contributed by atoms with Crippen molar-refractivity contribution in [2.24, 2.45) is 5.92 Å². The first-order valence-corrected chi connectivity index (χ1v) is 6.77. The van der Waals surface area contributed by atoms with Crippen LogP contribution in [-0.4, -0.2) is 29.1 Å². The molecule has 1 aliphatic carbocycles. The van der Waals surface area contributed by atoms with E-state index in [2.05, 4.69) is 10.6 Å². The van der Waals surface area contributed by atoms with E-state index in [-0.39, 0.29) is 12.5 Å². The molecule has 20 heavy (non-hydrogen) atoms.